The highest BCUT2D eigenvalue weighted by Gasteiger charge is 2.21. The van der Waals surface area contributed by atoms with Gasteiger partial charge in [0.05, 0.1) is 6.54 Å². The van der Waals surface area contributed by atoms with Gasteiger partial charge in [0.25, 0.3) is 5.56 Å². The average Bonchev–Trinajstić information content (AvgIpc) is 3.15. The number of pyridine rings is 1. The lowest BCUT2D eigenvalue weighted by molar-refractivity contribution is -0.118. The Bertz CT molecular complexity index is 1190. The number of allylic oxidation sites excluding steroid dienone is 1. The first-order chi connectivity index (χ1) is 15.3. The molecule has 0 aliphatic carbocycles. The molecule has 2 heterocycles. The molecule has 0 saturated heterocycles. The quantitative estimate of drug-likeness (QED) is 0.322. The number of carboxylic acid groups (broad SMARTS) is 1. The molecule has 0 fully saturated rings. The summed E-state index contributed by atoms with van der Waals surface area (Å²) in [7, 11) is 0. The minimum atomic E-state index is -1.38. The van der Waals surface area contributed by atoms with Gasteiger partial charge in [-0.2, -0.15) is 0 Å². The molecule has 0 radical (unpaired) electrons. The topological polar surface area (TPSA) is 159 Å². The number of benzene rings is 1. The number of nitrogens with zero attached hydrogens (tertiary/aromatic N) is 1. The third-order valence-electron chi connectivity index (χ3n) is 4.72. The first-order valence-electron chi connectivity index (χ1n) is 9.86. The van der Waals surface area contributed by atoms with Crippen LogP contribution in [0.4, 0.5) is 10.5 Å². The predicted octanol–water partition coefficient (Wildman–Crippen LogP) is 1.77. The second-order valence-corrected chi connectivity index (χ2v) is 7.11. The minimum absolute atomic E-state index is 0.0264. The molecule has 0 saturated carbocycles. The Morgan fingerprint density at radius 1 is 1.19 bits per heavy atom. The number of para-hydroxylation sites is 1. The molecule has 0 aliphatic heterocycles. The SMILES string of the molecule is NC(=O)C=CCCC(NC(=O)O)C(=O)Nc1cccn(Cc2cc3ccccc3[nH]2)c1=O. The van der Waals surface area contributed by atoms with Crippen LogP contribution in [0, 0.1) is 0 Å². The van der Waals surface area contributed by atoms with Crippen molar-refractivity contribution in [3.63, 3.8) is 0 Å². The van der Waals surface area contributed by atoms with Gasteiger partial charge in [0, 0.05) is 17.4 Å². The van der Waals surface area contributed by atoms with Crippen molar-refractivity contribution in [1.29, 1.82) is 0 Å². The van der Waals surface area contributed by atoms with Crippen LogP contribution in [0.1, 0.15) is 18.5 Å². The summed E-state index contributed by atoms with van der Waals surface area (Å²) in [6.45, 7) is 0.270. The molecule has 0 spiro atoms. The van der Waals surface area contributed by atoms with E-state index in [0.29, 0.717) is 0 Å². The molecular formula is C22H23N5O5. The van der Waals surface area contributed by atoms with E-state index < -0.39 is 29.5 Å². The maximum atomic E-state index is 12.8. The lowest BCUT2D eigenvalue weighted by Gasteiger charge is -2.16. The zero-order valence-corrected chi connectivity index (χ0v) is 17.1. The fraction of sp³-hybridized carbons (Fsp3) is 0.182. The van der Waals surface area contributed by atoms with Crippen LogP contribution in [0.3, 0.4) is 0 Å². The van der Waals surface area contributed by atoms with Gasteiger partial charge in [-0.05, 0) is 48.6 Å². The van der Waals surface area contributed by atoms with Gasteiger partial charge < -0.3 is 31.0 Å². The van der Waals surface area contributed by atoms with Crippen molar-refractivity contribution in [2.75, 3.05) is 5.32 Å². The van der Waals surface area contributed by atoms with Crippen LogP contribution in [-0.2, 0) is 16.1 Å². The van der Waals surface area contributed by atoms with E-state index in [-0.39, 0.29) is 25.1 Å². The number of carbonyl (C=O) groups is 3. The molecule has 10 nitrogen and oxygen atoms in total. The number of hydrogen-bond donors (Lipinski definition) is 5. The molecule has 2 aromatic heterocycles. The van der Waals surface area contributed by atoms with E-state index in [9.17, 15) is 19.2 Å². The third kappa shape index (κ3) is 5.85. The number of H-pyrrole nitrogens is 1. The van der Waals surface area contributed by atoms with Crippen LogP contribution in [0.15, 0.2) is 65.6 Å². The van der Waals surface area contributed by atoms with Crippen molar-refractivity contribution < 1.29 is 19.5 Å². The first-order valence-corrected chi connectivity index (χ1v) is 9.86. The maximum Gasteiger partial charge on any atom is 0.405 e. The number of amides is 3. The Kier molecular flexibility index (Phi) is 7.06. The molecule has 3 rings (SSSR count). The average molecular weight is 437 g/mol. The smallest absolute Gasteiger partial charge is 0.405 e. The van der Waals surface area contributed by atoms with Gasteiger partial charge in [0.15, 0.2) is 0 Å². The van der Waals surface area contributed by atoms with Gasteiger partial charge >= 0.3 is 6.09 Å². The number of aromatic nitrogens is 2. The lowest BCUT2D eigenvalue weighted by Crippen LogP contribution is -2.44. The van der Waals surface area contributed by atoms with E-state index in [1.165, 1.54) is 16.7 Å². The zero-order chi connectivity index (χ0) is 23.1. The van der Waals surface area contributed by atoms with Crippen molar-refractivity contribution >= 4 is 34.5 Å². The number of carbonyl (C=O) groups excluding carboxylic acids is 2. The molecule has 3 aromatic rings. The fourth-order valence-corrected chi connectivity index (χ4v) is 3.26. The van der Waals surface area contributed by atoms with E-state index in [1.807, 2.05) is 30.3 Å². The number of rotatable bonds is 9. The molecule has 1 aromatic carbocycles. The summed E-state index contributed by atoms with van der Waals surface area (Å²) in [5.41, 5.74) is 6.38. The third-order valence-corrected chi connectivity index (χ3v) is 4.72. The molecule has 6 N–H and O–H groups in total. The first kappa shape index (κ1) is 22.3. The summed E-state index contributed by atoms with van der Waals surface area (Å²) >= 11 is 0. The Morgan fingerprint density at radius 3 is 2.69 bits per heavy atom. The highest BCUT2D eigenvalue weighted by Crippen LogP contribution is 2.15. The molecule has 10 heteroatoms. The Hall–Kier alpha value is -4.34. The van der Waals surface area contributed by atoms with Gasteiger partial charge in [0.1, 0.15) is 11.7 Å². The molecule has 0 aliphatic rings. The number of aromatic amines is 1. The Morgan fingerprint density at radius 2 is 1.97 bits per heavy atom. The molecule has 1 atom stereocenters. The fourth-order valence-electron chi connectivity index (χ4n) is 3.26. The number of nitrogens with one attached hydrogen (secondary N) is 3. The van der Waals surface area contributed by atoms with Crippen LogP contribution in [0.2, 0.25) is 0 Å². The van der Waals surface area contributed by atoms with E-state index in [4.69, 9.17) is 10.8 Å². The number of hydrogen-bond acceptors (Lipinski definition) is 4. The van der Waals surface area contributed by atoms with Crippen LogP contribution in [0.25, 0.3) is 10.9 Å². The van der Waals surface area contributed by atoms with Gasteiger partial charge in [0.2, 0.25) is 11.8 Å². The monoisotopic (exact) mass is 437 g/mol. The Labute approximate surface area is 182 Å². The van der Waals surface area contributed by atoms with Crippen molar-refractivity contribution in [3.05, 3.63) is 76.9 Å². The molecule has 0 bridgehead atoms. The van der Waals surface area contributed by atoms with Crippen molar-refractivity contribution in [2.24, 2.45) is 5.73 Å². The van der Waals surface area contributed by atoms with Crippen LogP contribution < -0.4 is 21.9 Å². The van der Waals surface area contributed by atoms with Crippen LogP contribution >= 0.6 is 0 Å². The molecule has 32 heavy (non-hydrogen) atoms. The molecule has 1 unspecified atom stereocenters. The number of nitrogens with two attached hydrogens (primary N) is 1. The van der Waals surface area contributed by atoms with Crippen molar-refractivity contribution in [3.8, 4) is 0 Å². The Balaban J connectivity index is 1.73. The maximum absolute atomic E-state index is 12.8. The second-order valence-electron chi connectivity index (χ2n) is 7.11. The molecular weight excluding hydrogens is 414 g/mol. The second kappa shape index (κ2) is 10.1. The normalized spacial score (nSPS) is 12.0. The van der Waals surface area contributed by atoms with E-state index >= 15 is 0 Å². The standard InChI is InChI=1S/C22H23N5O5/c23-19(28)10-4-3-8-17(26-22(31)32)20(29)25-18-9-5-11-27(21(18)30)13-15-12-14-6-1-2-7-16(14)24-15/h1-2,4-7,9-12,17,24,26H,3,8,13H2,(H2,23,28)(H,25,29)(H,31,32). The highest BCUT2D eigenvalue weighted by molar-refractivity contribution is 5.96. The molecule has 166 valence electrons. The minimum Gasteiger partial charge on any atom is -0.465 e. The van der Waals surface area contributed by atoms with Crippen molar-refractivity contribution in [2.45, 2.75) is 25.4 Å². The number of anilines is 1. The lowest BCUT2D eigenvalue weighted by atomic mass is 10.1. The van der Waals surface area contributed by atoms with E-state index in [2.05, 4.69) is 15.6 Å². The summed E-state index contributed by atoms with van der Waals surface area (Å²) in [4.78, 5) is 50.5. The number of fused-ring (bicyclic) bond motifs is 1. The summed E-state index contributed by atoms with van der Waals surface area (Å²) in [6, 6.07) is 11.6. The number of primary amides is 1. The summed E-state index contributed by atoms with van der Waals surface area (Å²) in [6.07, 6.45) is 3.12. The summed E-state index contributed by atoms with van der Waals surface area (Å²) < 4.78 is 1.44. The van der Waals surface area contributed by atoms with Gasteiger partial charge in [-0.25, -0.2) is 4.79 Å². The van der Waals surface area contributed by atoms with Crippen LogP contribution in [0.5, 0.6) is 0 Å². The highest BCUT2D eigenvalue weighted by atomic mass is 16.4. The van der Waals surface area contributed by atoms with Gasteiger partial charge in [-0.15, -0.1) is 0 Å². The molecule has 3 amide bonds. The van der Waals surface area contributed by atoms with E-state index in [1.54, 1.807) is 12.3 Å². The van der Waals surface area contributed by atoms with E-state index in [0.717, 1.165) is 22.7 Å². The van der Waals surface area contributed by atoms with Gasteiger partial charge in [-0.3, -0.25) is 14.4 Å². The zero-order valence-electron chi connectivity index (χ0n) is 17.1. The largest absolute Gasteiger partial charge is 0.465 e. The summed E-state index contributed by atoms with van der Waals surface area (Å²) in [5, 5.41) is 14.6. The predicted molar refractivity (Wildman–Crippen MR) is 119 cm³/mol. The van der Waals surface area contributed by atoms with Crippen molar-refractivity contribution in [1.82, 2.24) is 14.9 Å². The summed E-state index contributed by atoms with van der Waals surface area (Å²) in [5.74, 6) is -1.32. The van der Waals surface area contributed by atoms with Crippen LogP contribution in [-0.4, -0.2) is 38.6 Å². The van der Waals surface area contributed by atoms with Gasteiger partial charge in [-0.1, -0.05) is 24.3 Å².